The summed E-state index contributed by atoms with van der Waals surface area (Å²) in [5.41, 5.74) is -0.968. The maximum atomic E-state index is 10.8. The highest BCUT2D eigenvalue weighted by Crippen LogP contribution is 2.35. The van der Waals surface area contributed by atoms with Crippen molar-refractivity contribution in [3.05, 3.63) is 53.5 Å². The minimum atomic E-state index is -1.47. The van der Waals surface area contributed by atoms with Crippen LogP contribution < -0.4 is 4.74 Å². The summed E-state index contributed by atoms with van der Waals surface area (Å²) >= 11 is 0. The van der Waals surface area contributed by atoms with Crippen LogP contribution in [-0.2, 0) is 5.60 Å². The van der Waals surface area contributed by atoms with Gasteiger partial charge in [-0.2, -0.15) is 0 Å². The van der Waals surface area contributed by atoms with Gasteiger partial charge in [0.1, 0.15) is 17.1 Å². The molecule has 1 atom stereocenters. The van der Waals surface area contributed by atoms with Gasteiger partial charge in [-0.25, -0.2) is 4.79 Å². The van der Waals surface area contributed by atoms with E-state index in [0.717, 1.165) is 0 Å². The van der Waals surface area contributed by atoms with Gasteiger partial charge >= 0.3 is 5.97 Å². The molecule has 0 bridgehead atoms. The van der Waals surface area contributed by atoms with Crippen LogP contribution in [0.15, 0.2) is 40.8 Å². The van der Waals surface area contributed by atoms with Crippen LogP contribution in [-0.4, -0.2) is 23.3 Å². The first kappa shape index (κ1) is 13.2. The van der Waals surface area contributed by atoms with E-state index in [0.29, 0.717) is 11.3 Å². The van der Waals surface area contributed by atoms with Crippen molar-refractivity contribution >= 4 is 5.97 Å². The molecule has 0 aliphatic heterocycles. The molecule has 2 N–H and O–H groups in total. The summed E-state index contributed by atoms with van der Waals surface area (Å²) < 4.78 is 10.3. The van der Waals surface area contributed by atoms with Gasteiger partial charge in [0.25, 0.3) is 0 Å². The number of para-hydroxylation sites is 1. The van der Waals surface area contributed by atoms with Crippen LogP contribution in [0.1, 0.15) is 28.8 Å². The number of ether oxygens (including phenoxy) is 1. The number of aliphatic hydroxyl groups is 1. The molecular weight excluding hydrogens is 248 g/mol. The monoisotopic (exact) mass is 262 g/mol. The zero-order chi connectivity index (χ0) is 14.0. The molecule has 19 heavy (non-hydrogen) atoms. The van der Waals surface area contributed by atoms with E-state index in [-0.39, 0.29) is 11.5 Å². The highest BCUT2D eigenvalue weighted by atomic mass is 16.5. The van der Waals surface area contributed by atoms with Gasteiger partial charge in [-0.15, -0.1) is 0 Å². The number of benzene rings is 1. The molecular formula is C14H14O5. The second-order valence-electron chi connectivity index (χ2n) is 4.24. The first-order chi connectivity index (χ1) is 8.96. The van der Waals surface area contributed by atoms with E-state index in [2.05, 4.69) is 0 Å². The quantitative estimate of drug-likeness (QED) is 0.883. The maximum Gasteiger partial charge on any atom is 0.371 e. The Hall–Kier alpha value is -2.27. The summed E-state index contributed by atoms with van der Waals surface area (Å²) in [6.45, 7) is 1.52. The second-order valence-corrected chi connectivity index (χ2v) is 4.24. The molecule has 1 aromatic heterocycles. The minimum Gasteiger partial charge on any atom is -0.496 e. The Balaban J connectivity index is 2.48. The molecule has 0 aliphatic rings. The Morgan fingerprint density at radius 3 is 2.53 bits per heavy atom. The van der Waals surface area contributed by atoms with Gasteiger partial charge in [-0.3, -0.25) is 0 Å². The minimum absolute atomic E-state index is 0.148. The Morgan fingerprint density at radius 1 is 1.26 bits per heavy atom. The van der Waals surface area contributed by atoms with E-state index in [1.807, 2.05) is 0 Å². The highest BCUT2D eigenvalue weighted by Gasteiger charge is 2.32. The molecule has 2 rings (SSSR count). The maximum absolute atomic E-state index is 10.8. The number of rotatable bonds is 4. The van der Waals surface area contributed by atoms with Crippen LogP contribution in [0, 0.1) is 0 Å². The molecule has 1 unspecified atom stereocenters. The highest BCUT2D eigenvalue weighted by molar-refractivity contribution is 5.84. The molecule has 5 heteroatoms. The topological polar surface area (TPSA) is 79.9 Å². The zero-order valence-electron chi connectivity index (χ0n) is 10.6. The Kier molecular flexibility index (Phi) is 3.31. The lowest BCUT2D eigenvalue weighted by atomic mass is 9.92. The third-order valence-corrected chi connectivity index (χ3v) is 2.93. The molecule has 0 saturated heterocycles. The first-order valence-electron chi connectivity index (χ1n) is 5.66. The fourth-order valence-corrected chi connectivity index (χ4v) is 1.89. The Morgan fingerprint density at radius 2 is 1.95 bits per heavy atom. The molecule has 100 valence electrons. The summed E-state index contributed by atoms with van der Waals surface area (Å²) in [7, 11) is 1.50. The van der Waals surface area contributed by atoms with Gasteiger partial charge in [-0.05, 0) is 25.1 Å². The molecule has 1 heterocycles. The molecule has 5 nitrogen and oxygen atoms in total. The number of aromatic carboxylic acids is 1. The first-order valence-corrected chi connectivity index (χ1v) is 5.66. The van der Waals surface area contributed by atoms with Crippen molar-refractivity contribution in [2.24, 2.45) is 0 Å². The van der Waals surface area contributed by atoms with E-state index in [9.17, 15) is 9.90 Å². The average Bonchev–Trinajstić information content (AvgIpc) is 2.89. The summed E-state index contributed by atoms with van der Waals surface area (Å²) in [6.07, 6.45) is 0. The van der Waals surface area contributed by atoms with Crippen LogP contribution in [0.4, 0.5) is 0 Å². The number of hydrogen-bond donors (Lipinski definition) is 2. The lowest BCUT2D eigenvalue weighted by Crippen LogP contribution is -2.22. The van der Waals surface area contributed by atoms with E-state index < -0.39 is 11.6 Å². The van der Waals surface area contributed by atoms with Crippen LogP contribution >= 0.6 is 0 Å². The molecule has 0 saturated carbocycles. The Labute approximate surface area is 110 Å². The third-order valence-electron chi connectivity index (χ3n) is 2.93. The normalized spacial score (nSPS) is 13.8. The number of methoxy groups -OCH3 is 1. The number of furan rings is 1. The van der Waals surface area contributed by atoms with E-state index in [1.54, 1.807) is 24.3 Å². The number of carboxylic acids is 1. The largest absolute Gasteiger partial charge is 0.496 e. The van der Waals surface area contributed by atoms with Gasteiger partial charge in [-0.1, -0.05) is 18.2 Å². The molecule has 0 amide bonds. The zero-order valence-corrected chi connectivity index (χ0v) is 10.6. The van der Waals surface area contributed by atoms with E-state index in [1.165, 1.54) is 26.2 Å². The predicted molar refractivity (Wildman–Crippen MR) is 67.3 cm³/mol. The third kappa shape index (κ3) is 2.32. The van der Waals surface area contributed by atoms with Crippen LogP contribution in [0.3, 0.4) is 0 Å². The SMILES string of the molecule is COc1ccccc1C(C)(O)c1ccc(C(=O)O)o1. The summed E-state index contributed by atoms with van der Waals surface area (Å²) in [5.74, 6) is -0.748. The van der Waals surface area contributed by atoms with Crippen LogP contribution in [0.25, 0.3) is 0 Å². The van der Waals surface area contributed by atoms with Crippen molar-refractivity contribution in [3.8, 4) is 5.75 Å². The van der Waals surface area contributed by atoms with Gasteiger partial charge in [0.2, 0.25) is 5.76 Å². The molecule has 0 radical (unpaired) electrons. The molecule has 1 aromatic carbocycles. The summed E-state index contributed by atoms with van der Waals surface area (Å²) in [4.78, 5) is 10.8. The lowest BCUT2D eigenvalue weighted by molar-refractivity contribution is 0.0594. The molecule has 0 spiro atoms. The van der Waals surface area contributed by atoms with Crippen molar-refractivity contribution < 1.29 is 24.2 Å². The van der Waals surface area contributed by atoms with E-state index in [4.69, 9.17) is 14.3 Å². The van der Waals surface area contributed by atoms with Crippen molar-refractivity contribution in [1.29, 1.82) is 0 Å². The number of carbonyl (C=O) groups is 1. The predicted octanol–water partition coefficient (Wildman–Crippen LogP) is 2.24. The number of carboxylic acid groups (broad SMARTS) is 1. The van der Waals surface area contributed by atoms with E-state index >= 15 is 0 Å². The fourth-order valence-electron chi connectivity index (χ4n) is 1.89. The average molecular weight is 262 g/mol. The number of hydrogen-bond acceptors (Lipinski definition) is 4. The van der Waals surface area contributed by atoms with Crippen LogP contribution in [0.2, 0.25) is 0 Å². The van der Waals surface area contributed by atoms with Crippen molar-refractivity contribution in [2.45, 2.75) is 12.5 Å². The van der Waals surface area contributed by atoms with Gasteiger partial charge < -0.3 is 19.4 Å². The van der Waals surface area contributed by atoms with Crippen molar-refractivity contribution in [3.63, 3.8) is 0 Å². The summed E-state index contributed by atoms with van der Waals surface area (Å²) in [6, 6.07) is 9.70. The van der Waals surface area contributed by atoms with Crippen molar-refractivity contribution in [2.75, 3.05) is 7.11 Å². The summed E-state index contributed by atoms with van der Waals surface area (Å²) in [5, 5.41) is 19.4. The standard InChI is InChI=1S/C14H14O5/c1-14(17,9-5-3-4-6-10(9)18-2)12-8-7-11(19-12)13(15)16/h3-8,17H,1-2H3,(H,15,16). The fraction of sp³-hybridized carbons (Fsp3) is 0.214. The van der Waals surface area contributed by atoms with Gasteiger partial charge in [0, 0.05) is 5.56 Å². The molecule has 0 fully saturated rings. The van der Waals surface area contributed by atoms with Gasteiger partial charge in [0.05, 0.1) is 7.11 Å². The van der Waals surface area contributed by atoms with Gasteiger partial charge in [0.15, 0.2) is 0 Å². The van der Waals surface area contributed by atoms with Crippen molar-refractivity contribution in [1.82, 2.24) is 0 Å². The molecule has 0 aliphatic carbocycles. The van der Waals surface area contributed by atoms with Crippen LogP contribution in [0.5, 0.6) is 5.75 Å². The second kappa shape index (κ2) is 4.78. The molecule has 2 aromatic rings. The smallest absolute Gasteiger partial charge is 0.371 e. The lowest BCUT2D eigenvalue weighted by Gasteiger charge is -2.23. The Bertz CT molecular complexity index is 597.